The van der Waals surface area contributed by atoms with Crippen LogP contribution in [0.5, 0.6) is 0 Å². The average molecular weight is 266 g/mol. The van der Waals surface area contributed by atoms with Crippen molar-refractivity contribution in [3.8, 4) is 0 Å². The van der Waals surface area contributed by atoms with E-state index in [0.29, 0.717) is 13.0 Å². The minimum atomic E-state index is -0.705. The summed E-state index contributed by atoms with van der Waals surface area (Å²) in [6.45, 7) is 0.557. The lowest BCUT2D eigenvalue weighted by Crippen LogP contribution is -2.17. The van der Waals surface area contributed by atoms with E-state index in [0.717, 1.165) is 17.9 Å². The van der Waals surface area contributed by atoms with Gasteiger partial charge in [0.1, 0.15) is 0 Å². The molecule has 18 heavy (non-hydrogen) atoms. The van der Waals surface area contributed by atoms with Crippen LogP contribution in [0.25, 0.3) is 0 Å². The Hall–Kier alpha value is -1.06. The molecule has 1 fully saturated rings. The van der Waals surface area contributed by atoms with Gasteiger partial charge in [0, 0.05) is 17.6 Å². The summed E-state index contributed by atoms with van der Waals surface area (Å²) in [6.07, 6.45) is 4.04. The van der Waals surface area contributed by atoms with Crippen LogP contribution in [0.15, 0.2) is 12.1 Å². The van der Waals surface area contributed by atoms with Crippen LogP contribution in [0.4, 0.5) is 0 Å². The third kappa shape index (κ3) is 2.02. The molecule has 1 aromatic carbocycles. The molecule has 2 unspecified atom stereocenters. The number of hydrogen-bond donors (Lipinski definition) is 2. The van der Waals surface area contributed by atoms with Crippen LogP contribution >= 0.6 is 11.6 Å². The Labute approximate surface area is 111 Å². The number of hydrogen-bond acceptors (Lipinski definition) is 2. The molecular weight excluding hydrogens is 250 g/mol. The summed E-state index contributed by atoms with van der Waals surface area (Å²) in [4.78, 5) is 11.0. The molecule has 2 atom stereocenters. The second-order valence-corrected chi connectivity index (χ2v) is 5.65. The van der Waals surface area contributed by atoms with Gasteiger partial charge in [-0.25, -0.2) is 0 Å². The second kappa shape index (κ2) is 4.56. The van der Waals surface area contributed by atoms with Crippen LogP contribution in [0.3, 0.4) is 0 Å². The molecule has 3 nitrogen and oxygen atoms in total. The fourth-order valence-electron chi connectivity index (χ4n) is 3.17. The molecule has 0 saturated carbocycles. The molecule has 1 aliphatic heterocycles. The highest BCUT2D eigenvalue weighted by Crippen LogP contribution is 2.36. The molecule has 0 amide bonds. The number of rotatable bonds is 2. The van der Waals surface area contributed by atoms with E-state index in [-0.39, 0.29) is 12.0 Å². The van der Waals surface area contributed by atoms with Gasteiger partial charge in [-0.05, 0) is 54.5 Å². The normalized spacial score (nSPS) is 26.3. The van der Waals surface area contributed by atoms with Crippen molar-refractivity contribution in [3.63, 3.8) is 0 Å². The summed E-state index contributed by atoms with van der Waals surface area (Å²) in [5, 5.41) is 13.2. The summed E-state index contributed by atoms with van der Waals surface area (Å²) in [6, 6.07) is 4.21. The van der Waals surface area contributed by atoms with Gasteiger partial charge in [-0.2, -0.15) is 0 Å². The highest BCUT2D eigenvalue weighted by Gasteiger charge is 2.32. The molecule has 4 heteroatoms. The molecule has 1 saturated heterocycles. The summed E-state index contributed by atoms with van der Waals surface area (Å²) in [7, 11) is 0. The van der Waals surface area contributed by atoms with Crippen molar-refractivity contribution < 1.29 is 9.90 Å². The Morgan fingerprint density at radius 2 is 2.22 bits per heavy atom. The first-order valence-corrected chi connectivity index (χ1v) is 6.80. The highest BCUT2D eigenvalue weighted by atomic mass is 35.5. The maximum Gasteiger partial charge on any atom is 0.307 e. The van der Waals surface area contributed by atoms with E-state index >= 15 is 0 Å². The molecule has 2 aliphatic rings. The van der Waals surface area contributed by atoms with Gasteiger partial charge in [0.25, 0.3) is 0 Å². The Bertz CT molecular complexity index is 501. The van der Waals surface area contributed by atoms with E-state index < -0.39 is 5.97 Å². The van der Waals surface area contributed by atoms with Crippen molar-refractivity contribution >= 4 is 17.6 Å². The lowest BCUT2D eigenvalue weighted by molar-refractivity contribution is -0.141. The zero-order chi connectivity index (χ0) is 12.7. The summed E-state index contributed by atoms with van der Waals surface area (Å²) >= 11 is 6.16. The van der Waals surface area contributed by atoms with Gasteiger partial charge in [0.15, 0.2) is 0 Å². The first kappa shape index (κ1) is 12.0. The monoisotopic (exact) mass is 265 g/mol. The van der Waals surface area contributed by atoms with Crippen LogP contribution in [0, 0.1) is 5.92 Å². The molecule has 1 aromatic rings. The first-order valence-electron chi connectivity index (χ1n) is 6.42. The van der Waals surface area contributed by atoms with Gasteiger partial charge in [0.2, 0.25) is 0 Å². The van der Waals surface area contributed by atoms with E-state index in [4.69, 9.17) is 16.7 Å². The minimum Gasteiger partial charge on any atom is -0.481 e. The number of halogens is 1. The number of carbonyl (C=O) groups is 1. The SMILES string of the molecule is O=C(O)C1CNC(c2cc(Cl)cc3c2CCC3)C1. The zero-order valence-corrected chi connectivity index (χ0v) is 10.8. The standard InChI is InChI=1S/C14H16ClNO2/c15-10-4-8-2-1-3-11(8)12(6-10)13-5-9(7-16-13)14(17)18/h4,6,9,13,16H,1-3,5,7H2,(H,17,18). The Morgan fingerprint density at radius 1 is 1.39 bits per heavy atom. The van der Waals surface area contributed by atoms with E-state index in [1.54, 1.807) is 0 Å². The van der Waals surface area contributed by atoms with E-state index in [9.17, 15) is 4.79 Å². The molecule has 1 aliphatic carbocycles. The van der Waals surface area contributed by atoms with Crippen LogP contribution in [-0.2, 0) is 17.6 Å². The molecule has 96 valence electrons. The number of nitrogens with one attached hydrogen (secondary N) is 1. The van der Waals surface area contributed by atoms with Crippen molar-refractivity contribution in [3.05, 3.63) is 33.8 Å². The molecule has 0 radical (unpaired) electrons. The molecule has 2 N–H and O–H groups in total. The Balaban J connectivity index is 1.91. The smallest absolute Gasteiger partial charge is 0.307 e. The fraction of sp³-hybridized carbons (Fsp3) is 0.500. The van der Waals surface area contributed by atoms with Crippen LogP contribution < -0.4 is 5.32 Å². The van der Waals surface area contributed by atoms with Crippen molar-refractivity contribution in [2.75, 3.05) is 6.54 Å². The van der Waals surface area contributed by atoms with Crippen molar-refractivity contribution in [1.29, 1.82) is 0 Å². The van der Waals surface area contributed by atoms with Crippen LogP contribution in [0.1, 0.15) is 35.6 Å². The van der Waals surface area contributed by atoms with Gasteiger partial charge in [-0.3, -0.25) is 4.79 Å². The van der Waals surface area contributed by atoms with Crippen molar-refractivity contribution in [2.24, 2.45) is 5.92 Å². The topological polar surface area (TPSA) is 49.3 Å². The van der Waals surface area contributed by atoms with E-state index in [2.05, 4.69) is 11.4 Å². The number of aliphatic carboxylic acids is 1. The summed E-state index contributed by atoms with van der Waals surface area (Å²) in [5.74, 6) is -0.977. The first-order chi connectivity index (χ1) is 8.65. The van der Waals surface area contributed by atoms with E-state index in [1.165, 1.54) is 23.1 Å². The second-order valence-electron chi connectivity index (χ2n) is 5.22. The van der Waals surface area contributed by atoms with Gasteiger partial charge in [-0.15, -0.1) is 0 Å². The maximum atomic E-state index is 11.0. The third-order valence-corrected chi connectivity index (χ3v) is 4.29. The average Bonchev–Trinajstić information content (AvgIpc) is 2.95. The number of benzene rings is 1. The Kier molecular flexibility index (Phi) is 3.04. The molecule has 3 rings (SSSR count). The summed E-state index contributed by atoms with van der Waals surface area (Å²) in [5.41, 5.74) is 3.96. The predicted octanol–water partition coefficient (Wildman–Crippen LogP) is 2.56. The third-order valence-electron chi connectivity index (χ3n) is 4.07. The minimum absolute atomic E-state index is 0.150. The van der Waals surface area contributed by atoms with Gasteiger partial charge < -0.3 is 10.4 Å². The van der Waals surface area contributed by atoms with Crippen LogP contribution in [0.2, 0.25) is 5.02 Å². The molecule has 0 aromatic heterocycles. The fourth-order valence-corrected chi connectivity index (χ4v) is 3.42. The number of fused-ring (bicyclic) bond motifs is 1. The van der Waals surface area contributed by atoms with E-state index in [1.807, 2.05) is 6.07 Å². The summed E-state index contributed by atoms with van der Waals surface area (Å²) < 4.78 is 0. The van der Waals surface area contributed by atoms with Crippen molar-refractivity contribution in [2.45, 2.75) is 31.7 Å². The predicted molar refractivity (Wildman–Crippen MR) is 70.0 cm³/mol. The lowest BCUT2D eigenvalue weighted by Gasteiger charge is -2.16. The van der Waals surface area contributed by atoms with Crippen LogP contribution in [-0.4, -0.2) is 17.6 Å². The number of carboxylic acid groups (broad SMARTS) is 1. The molecule has 1 heterocycles. The van der Waals surface area contributed by atoms with Crippen molar-refractivity contribution in [1.82, 2.24) is 5.32 Å². The maximum absolute atomic E-state index is 11.0. The largest absolute Gasteiger partial charge is 0.481 e. The van der Waals surface area contributed by atoms with Gasteiger partial charge in [0.05, 0.1) is 5.92 Å². The van der Waals surface area contributed by atoms with Gasteiger partial charge >= 0.3 is 5.97 Å². The van der Waals surface area contributed by atoms with Gasteiger partial charge in [-0.1, -0.05) is 11.6 Å². The highest BCUT2D eigenvalue weighted by molar-refractivity contribution is 6.30. The molecule has 0 bridgehead atoms. The zero-order valence-electron chi connectivity index (χ0n) is 10.1. The molecular formula is C14H16ClNO2. The Morgan fingerprint density at radius 3 is 2.94 bits per heavy atom. The lowest BCUT2D eigenvalue weighted by atomic mass is 9.94. The number of carboxylic acids is 1. The quantitative estimate of drug-likeness (QED) is 0.864. The molecule has 0 spiro atoms. The number of aryl methyl sites for hydroxylation is 1.